The molecule has 3 rings (SSSR count). The van der Waals surface area contributed by atoms with Crippen LogP contribution in [0.15, 0.2) is 0 Å². The number of piperazine rings is 1. The van der Waals surface area contributed by atoms with Crippen LogP contribution in [0, 0.1) is 6.92 Å². The van der Waals surface area contributed by atoms with E-state index in [0.717, 1.165) is 56.7 Å². The number of rotatable bonds is 4. The molecule has 1 atom stereocenters. The molecule has 7 nitrogen and oxygen atoms in total. The zero-order chi connectivity index (χ0) is 18.7. The lowest BCUT2D eigenvalue weighted by Crippen LogP contribution is -2.51. The molecule has 0 aromatic carbocycles. The molecule has 1 aromatic heterocycles. The molecule has 146 valence electrons. The Balaban J connectivity index is 1.60. The minimum absolute atomic E-state index is 0.0118. The van der Waals surface area contributed by atoms with Crippen LogP contribution in [0.5, 0.6) is 0 Å². The Morgan fingerprint density at radius 1 is 1.19 bits per heavy atom. The average molecular weight is 364 g/mol. The van der Waals surface area contributed by atoms with Crippen molar-refractivity contribution in [3.63, 3.8) is 0 Å². The Hall–Kier alpha value is -1.44. The summed E-state index contributed by atoms with van der Waals surface area (Å²) in [6.07, 6.45) is 3.06. The largest absolute Gasteiger partial charge is 0.388 e. The SMILES string of the molecule is CCc1[nH]nc(C(=O)N2CCC[C@](O)(CN3CCN(C)CC3)CC2)c1C. The van der Waals surface area contributed by atoms with Gasteiger partial charge in [-0.3, -0.25) is 14.8 Å². The Bertz CT molecular complexity index is 623. The Kier molecular flexibility index (Phi) is 5.99. The number of β-amino-alcohol motifs (C(OH)–C–C–N with tert-alkyl or cyclic N) is 1. The summed E-state index contributed by atoms with van der Waals surface area (Å²) >= 11 is 0. The highest BCUT2D eigenvalue weighted by Gasteiger charge is 2.34. The summed E-state index contributed by atoms with van der Waals surface area (Å²) in [6.45, 7) is 10.1. The first kappa shape index (κ1) is 19.3. The molecular formula is C19H33N5O2. The number of carbonyl (C=O) groups is 1. The average Bonchev–Trinajstić information content (AvgIpc) is 2.88. The van der Waals surface area contributed by atoms with Gasteiger partial charge in [-0.2, -0.15) is 5.10 Å². The highest BCUT2D eigenvalue weighted by Crippen LogP contribution is 2.25. The molecule has 0 bridgehead atoms. The minimum Gasteiger partial charge on any atom is -0.388 e. The maximum absolute atomic E-state index is 12.9. The fourth-order valence-corrected chi connectivity index (χ4v) is 4.10. The van der Waals surface area contributed by atoms with Gasteiger partial charge in [0.25, 0.3) is 5.91 Å². The van der Waals surface area contributed by atoms with Crippen molar-refractivity contribution in [2.45, 2.75) is 45.1 Å². The van der Waals surface area contributed by atoms with Gasteiger partial charge in [-0.1, -0.05) is 6.92 Å². The van der Waals surface area contributed by atoms with Gasteiger partial charge in [0.15, 0.2) is 5.69 Å². The van der Waals surface area contributed by atoms with E-state index in [1.54, 1.807) is 0 Å². The van der Waals surface area contributed by atoms with Crippen molar-refractivity contribution in [1.29, 1.82) is 0 Å². The molecule has 2 saturated heterocycles. The van der Waals surface area contributed by atoms with Crippen LogP contribution >= 0.6 is 0 Å². The van der Waals surface area contributed by atoms with Crippen LogP contribution < -0.4 is 0 Å². The van der Waals surface area contributed by atoms with Gasteiger partial charge in [0.1, 0.15) is 0 Å². The van der Waals surface area contributed by atoms with Gasteiger partial charge < -0.3 is 14.9 Å². The smallest absolute Gasteiger partial charge is 0.274 e. The molecule has 3 heterocycles. The quantitative estimate of drug-likeness (QED) is 0.831. The van der Waals surface area contributed by atoms with E-state index >= 15 is 0 Å². The number of H-pyrrole nitrogens is 1. The predicted octanol–water partition coefficient (Wildman–Crippen LogP) is 0.885. The highest BCUT2D eigenvalue weighted by molar-refractivity contribution is 5.93. The van der Waals surface area contributed by atoms with Crippen molar-refractivity contribution in [1.82, 2.24) is 24.9 Å². The molecule has 26 heavy (non-hydrogen) atoms. The molecule has 1 amide bonds. The van der Waals surface area contributed by atoms with Crippen molar-refractivity contribution >= 4 is 5.91 Å². The molecular weight excluding hydrogens is 330 g/mol. The monoisotopic (exact) mass is 363 g/mol. The van der Waals surface area contributed by atoms with Crippen molar-refractivity contribution in [3.05, 3.63) is 17.0 Å². The normalized spacial score (nSPS) is 26.1. The van der Waals surface area contributed by atoms with Gasteiger partial charge in [-0.25, -0.2) is 0 Å². The summed E-state index contributed by atoms with van der Waals surface area (Å²) in [5.74, 6) is -0.0118. The predicted molar refractivity (Wildman–Crippen MR) is 101 cm³/mol. The van der Waals surface area contributed by atoms with Crippen LogP contribution in [0.25, 0.3) is 0 Å². The van der Waals surface area contributed by atoms with Crippen molar-refractivity contribution in [2.24, 2.45) is 0 Å². The van der Waals surface area contributed by atoms with Crippen LogP contribution in [-0.4, -0.2) is 94.4 Å². The number of aryl methyl sites for hydroxylation is 1. The third-order valence-electron chi connectivity index (χ3n) is 5.98. The number of likely N-dealkylation sites (tertiary alicyclic amines) is 1. The zero-order valence-corrected chi connectivity index (χ0v) is 16.4. The summed E-state index contributed by atoms with van der Waals surface area (Å²) in [5.41, 5.74) is 1.82. The van der Waals surface area contributed by atoms with E-state index in [0.29, 0.717) is 31.7 Å². The molecule has 2 N–H and O–H groups in total. The van der Waals surface area contributed by atoms with Crippen LogP contribution in [0.1, 0.15) is 47.9 Å². The van der Waals surface area contributed by atoms with Gasteiger partial charge in [-0.15, -0.1) is 0 Å². The molecule has 0 spiro atoms. The molecule has 1 aromatic rings. The minimum atomic E-state index is -0.694. The van der Waals surface area contributed by atoms with E-state index < -0.39 is 5.60 Å². The van der Waals surface area contributed by atoms with Crippen LogP contribution in [0.3, 0.4) is 0 Å². The number of amides is 1. The van der Waals surface area contributed by atoms with Crippen molar-refractivity contribution in [3.8, 4) is 0 Å². The fraction of sp³-hybridized carbons (Fsp3) is 0.789. The first-order valence-electron chi connectivity index (χ1n) is 9.88. The first-order valence-corrected chi connectivity index (χ1v) is 9.88. The molecule has 0 saturated carbocycles. The standard InChI is InChI=1S/C19H33N5O2/c1-4-16-15(2)17(21-20-16)18(25)24-8-5-6-19(26,7-9-24)14-23-12-10-22(3)11-13-23/h26H,4-14H2,1-3H3,(H,20,21)/t19-/m1/s1. The molecule has 2 aliphatic heterocycles. The summed E-state index contributed by atoms with van der Waals surface area (Å²) in [4.78, 5) is 19.4. The Morgan fingerprint density at radius 2 is 1.92 bits per heavy atom. The molecule has 2 fully saturated rings. The van der Waals surface area contributed by atoms with Gasteiger partial charge in [0.05, 0.1) is 5.60 Å². The number of carbonyl (C=O) groups excluding carboxylic acids is 1. The first-order chi connectivity index (χ1) is 12.4. The van der Waals surface area contributed by atoms with E-state index in [1.807, 2.05) is 11.8 Å². The summed E-state index contributed by atoms with van der Waals surface area (Å²) in [6, 6.07) is 0. The highest BCUT2D eigenvalue weighted by atomic mass is 16.3. The van der Waals surface area contributed by atoms with Gasteiger partial charge >= 0.3 is 0 Å². The van der Waals surface area contributed by atoms with E-state index in [9.17, 15) is 9.90 Å². The summed E-state index contributed by atoms with van der Waals surface area (Å²) < 4.78 is 0. The Labute approximate surface area is 156 Å². The van der Waals surface area contributed by atoms with Gasteiger partial charge in [0.2, 0.25) is 0 Å². The molecule has 0 radical (unpaired) electrons. The van der Waals surface area contributed by atoms with Crippen molar-refractivity contribution in [2.75, 3.05) is 52.9 Å². The van der Waals surface area contributed by atoms with Crippen LogP contribution in [0.2, 0.25) is 0 Å². The third-order valence-corrected chi connectivity index (χ3v) is 5.98. The van der Waals surface area contributed by atoms with Crippen LogP contribution in [-0.2, 0) is 6.42 Å². The molecule has 0 unspecified atom stereocenters. The fourth-order valence-electron chi connectivity index (χ4n) is 4.10. The van der Waals surface area contributed by atoms with Gasteiger partial charge in [-0.05, 0) is 39.7 Å². The van der Waals surface area contributed by atoms with E-state index in [-0.39, 0.29) is 5.91 Å². The molecule has 2 aliphatic rings. The lowest BCUT2D eigenvalue weighted by Gasteiger charge is -2.38. The lowest BCUT2D eigenvalue weighted by atomic mass is 9.94. The topological polar surface area (TPSA) is 75.7 Å². The number of aromatic amines is 1. The van der Waals surface area contributed by atoms with Crippen molar-refractivity contribution < 1.29 is 9.90 Å². The maximum Gasteiger partial charge on any atom is 0.274 e. The number of nitrogens with one attached hydrogen (secondary N) is 1. The summed E-state index contributed by atoms with van der Waals surface area (Å²) in [7, 11) is 2.14. The lowest BCUT2D eigenvalue weighted by molar-refractivity contribution is -0.0179. The number of aromatic nitrogens is 2. The number of hydrogen-bond donors (Lipinski definition) is 2. The third kappa shape index (κ3) is 4.27. The Morgan fingerprint density at radius 3 is 2.58 bits per heavy atom. The summed E-state index contributed by atoms with van der Waals surface area (Å²) in [5, 5.41) is 18.3. The van der Waals surface area contributed by atoms with E-state index in [2.05, 4.69) is 34.0 Å². The number of likely N-dealkylation sites (N-methyl/N-ethyl adjacent to an activating group) is 1. The molecule has 0 aliphatic carbocycles. The second-order valence-corrected chi connectivity index (χ2v) is 7.98. The molecule has 7 heteroatoms. The van der Waals surface area contributed by atoms with E-state index in [1.165, 1.54) is 0 Å². The van der Waals surface area contributed by atoms with E-state index in [4.69, 9.17) is 0 Å². The number of hydrogen-bond acceptors (Lipinski definition) is 5. The number of nitrogens with zero attached hydrogens (tertiary/aromatic N) is 4. The second-order valence-electron chi connectivity index (χ2n) is 7.98. The van der Waals surface area contributed by atoms with Crippen LogP contribution in [0.4, 0.5) is 0 Å². The number of aliphatic hydroxyl groups is 1. The van der Waals surface area contributed by atoms with Gasteiger partial charge in [0, 0.05) is 57.1 Å². The maximum atomic E-state index is 12.9. The zero-order valence-electron chi connectivity index (χ0n) is 16.4. The second kappa shape index (κ2) is 8.06.